The molecule has 71 heavy (non-hydrogen) atoms. The molecule has 0 aliphatic rings. The van der Waals surface area contributed by atoms with Gasteiger partial charge in [-0.25, -0.2) is 0 Å². The number of aromatic hydroxyl groups is 2. The third-order valence-electron chi connectivity index (χ3n) is 11.9. The molecule has 3 unspecified atom stereocenters. The normalized spacial score (nSPS) is 12.2. The molecular weight excluding hydrogens is 897 g/mol. The number of phenolic OH excluding ortho intramolecular Hbond substituents is 2. The van der Waals surface area contributed by atoms with E-state index in [0.717, 1.165) is 57.9 Å². The number of anilines is 4. The Hall–Kier alpha value is -7.98. The standard InChI is InChI=1S/C32H31N3O4.C25H29N3O4/c1-39-30-15-11-24(19-27(30)22-5-3-2-4-6-22)34-23-9-7-21(8-10-23)17-18-33-20-29(37)25-12-14-28(36)32-26(25)13-16-31(38)35-32;29-17-28-22-14-20(8-11-23(22)30)24(31)15-26-13-12-18-6-9-21(10-7-18)27-16-25(32)19-4-2-1-3-5-19/h2-16,19,29,33-34,36-37H,17-18,20H2,1H3,(H,35,38);1-11,14,17,24-27,30-32H,12-13,15-16H2,(H,28,29). The topological polar surface area (TPSA) is 220 Å². The number of carbonyl (C=O) groups excluding carboxylic acids is 1. The molecule has 0 saturated heterocycles. The van der Waals surface area contributed by atoms with E-state index in [4.69, 9.17) is 4.74 Å². The fourth-order valence-corrected chi connectivity index (χ4v) is 8.01. The average Bonchev–Trinajstić information content (AvgIpc) is 3.40. The van der Waals surface area contributed by atoms with Crippen LogP contribution in [-0.2, 0) is 17.6 Å². The number of methoxy groups -OCH3 is 1. The van der Waals surface area contributed by atoms with Gasteiger partial charge >= 0.3 is 0 Å². The van der Waals surface area contributed by atoms with Crippen LogP contribution in [0.4, 0.5) is 22.7 Å². The van der Waals surface area contributed by atoms with Gasteiger partial charge in [-0.05, 0) is 126 Å². The van der Waals surface area contributed by atoms with Crippen molar-refractivity contribution >= 4 is 40.1 Å². The molecule has 7 aromatic carbocycles. The lowest BCUT2D eigenvalue weighted by Crippen LogP contribution is -2.24. The van der Waals surface area contributed by atoms with Crippen LogP contribution in [0.3, 0.4) is 0 Å². The van der Waals surface area contributed by atoms with E-state index in [2.05, 4.69) is 74.0 Å². The summed E-state index contributed by atoms with van der Waals surface area (Å²) < 4.78 is 5.56. The van der Waals surface area contributed by atoms with E-state index in [1.807, 2.05) is 84.9 Å². The Morgan fingerprint density at radius 1 is 0.592 bits per heavy atom. The van der Waals surface area contributed by atoms with Gasteiger partial charge in [0.2, 0.25) is 12.0 Å². The summed E-state index contributed by atoms with van der Waals surface area (Å²) >= 11 is 0. The van der Waals surface area contributed by atoms with Gasteiger partial charge in [-0.3, -0.25) is 9.59 Å². The number of hydrogen-bond donors (Lipinski definition) is 11. The first-order valence-corrected chi connectivity index (χ1v) is 23.4. The first-order chi connectivity index (χ1) is 34.6. The molecule has 1 aromatic heterocycles. The molecule has 0 saturated carbocycles. The lowest BCUT2D eigenvalue weighted by molar-refractivity contribution is -0.105. The predicted octanol–water partition coefficient (Wildman–Crippen LogP) is 8.49. The highest BCUT2D eigenvalue weighted by Crippen LogP contribution is 2.34. The Bertz CT molecular complexity index is 2990. The Balaban J connectivity index is 0.000000213. The van der Waals surface area contributed by atoms with Crippen molar-refractivity contribution < 1.29 is 35.1 Å². The van der Waals surface area contributed by atoms with Crippen molar-refractivity contribution in [2.24, 2.45) is 0 Å². The maximum Gasteiger partial charge on any atom is 0.248 e. The quantitative estimate of drug-likeness (QED) is 0.0175. The number of nitrogens with one attached hydrogen (secondary N) is 6. The van der Waals surface area contributed by atoms with Gasteiger partial charge in [-0.15, -0.1) is 0 Å². The summed E-state index contributed by atoms with van der Waals surface area (Å²) in [5.41, 5.74) is 9.80. The molecule has 8 aromatic rings. The molecule has 0 fully saturated rings. The third-order valence-corrected chi connectivity index (χ3v) is 11.9. The van der Waals surface area contributed by atoms with Crippen molar-refractivity contribution in [3.05, 3.63) is 208 Å². The number of aliphatic hydroxyl groups is 3. The van der Waals surface area contributed by atoms with E-state index >= 15 is 0 Å². The minimum absolute atomic E-state index is 0.0202. The van der Waals surface area contributed by atoms with Gasteiger partial charge in [0.05, 0.1) is 36.6 Å². The van der Waals surface area contributed by atoms with Gasteiger partial charge in [0.1, 0.15) is 17.2 Å². The van der Waals surface area contributed by atoms with E-state index in [-0.39, 0.29) is 22.7 Å². The summed E-state index contributed by atoms with van der Waals surface area (Å²) in [4.78, 5) is 24.8. The number of pyridine rings is 1. The Labute approximate surface area is 412 Å². The van der Waals surface area contributed by atoms with Crippen molar-refractivity contribution in [2.45, 2.75) is 31.2 Å². The molecule has 14 heteroatoms. The van der Waals surface area contributed by atoms with Crippen LogP contribution in [0.15, 0.2) is 175 Å². The Kier molecular flexibility index (Phi) is 18.3. The van der Waals surface area contributed by atoms with Gasteiger partial charge in [-0.2, -0.15) is 0 Å². The number of aromatic nitrogens is 1. The fourth-order valence-electron chi connectivity index (χ4n) is 8.01. The van der Waals surface area contributed by atoms with E-state index < -0.39 is 18.3 Å². The summed E-state index contributed by atoms with van der Waals surface area (Å²) in [6.45, 7) is 2.51. The predicted molar refractivity (Wildman–Crippen MR) is 282 cm³/mol. The van der Waals surface area contributed by atoms with Crippen molar-refractivity contribution in [1.29, 1.82) is 0 Å². The Morgan fingerprint density at radius 3 is 1.86 bits per heavy atom. The monoisotopic (exact) mass is 956 g/mol. The molecule has 366 valence electrons. The number of carbonyl (C=O) groups is 1. The van der Waals surface area contributed by atoms with Crippen LogP contribution in [0.5, 0.6) is 17.2 Å². The molecular formula is C57H60N6O8. The number of benzene rings is 7. The summed E-state index contributed by atoms with van der Waals surface area (Å²) in [5.74, 6) is 0.759. The van der Waals surface area contributed by atoms with Gasteiger partial charge in [0.25, 0.3) is 0 Å². The number of aliphatic hydroxyl groups excluding tert-OH is 3. The second-order valence-electron chi connectivity index (χ2n) is 16.9. The minimum Gasteiger partial charge on any atom is -0.506 e. The highest BCUT2D eigenvalue weighted by molar-refractivity contribution is 5.87. The summed E-state index contributed by atoms with van der Waals surface area (Å²) in [6.07, 6.45) is -0.0214. The maximum atomic E-state index is 11.6. The zero-order chi connectivity index (χ0) is 50.0. The summed E-state index contributed by atoms with van der Waals surface area (Å²) in [5, 5.41) is 67.3. The fraction of sp³-hybridized carbons (Fsp3) is 0.193. The van der Waals surface area contributed by atoms with Crippen LogP contribution in [0.1, 0.15) is 46.1 Å². The van der Waals surface area contributed by atoms with Crippen molar-refractivity contribution in [1.82, 2.24) is 15.6 Å². The van der Waals surface area contributed by atoms with Gasteiger partial charge in [0.15, 0.2) is 0 Å². The molecule has 0 aliphatic carbocycles. The van der Waals surface area contributed by atoms with E-state index in [1.54, 1.807) is 31.4 Å². The molecule has 14 nitrogen and oxygen atoms in total. The van der Waals surface area contributed by atoms with Crippen molar-refractivity contribution in [3.8, 4) is 28.4 Å². The molecule has 1 amide bonds. The largest absolute Gasteiger partial charge is 0.506 e. The highest BCUT2D eigenvalue weighted by Gasteiger charge is 2.15. The number of phenols is 2. The molecule has 0 aliphatic heterocycles. The second kappa shape index (κ2) is 25.6. The zero-order valence-electron chi connectivity index (χ0n) is 39.4. The van der Waals surface area contributed by atoms with E-state index in [9.17, 15) is 35.1 Å². The van der Waals surface area contributed by atoms with Crippen molar-refractivity contribution in [3.63, 3.8) is 0 Å². The zero-order valence-corrected chi connectivity index (χ0v) is 39.4. The molecule has 0 spiro atoms. The van der Waals surface area contributed by atoms with Crippen LogP contribution in [0.25, 0.3) is 22.0 Å². The first kappa shape index (κ1) is 50.9. The minimum atomic E-state index is -0.782. The average molecular weight is 957 g/mol. The van der Waals surface area contributed by atoms with E-state index in [1.165, 1.54) is 23.8 Å². The van der Waals surface area contributed by atoms with Crippen LogP contribution in [0.2, 0.25) is 0 Å². The molecule has 0 radical (unpaired) electrons. The number of amides is 1. The van der Waals surface area contributed by atoms with Crippen LogP contribution in [-0.4, -0.2) is 76.8 Å². The number of H-pyrrole nitrogens is 1. The molecule has 11 N–H and O–H groups in total. The summed E-state index contributed by atoms with van der Waals surface area (Å²) in [7, 11) is 1.68. The smallest absolute Gasteiger partial charge is 0.248 e. The van der Waals surface area contributed by atoms with Gasteiger partial charge in [0, 0.05) is 53.7 Å². The number of ether oxygens (including phenoxy) is 1. The Morgan fingerprint density at radius 2 is 1.20 bits per heavy atom. The van der Waals surface area contributed by atoms with Crippen LogP contribution in [0, 0.1) is 0 Å². The summed E-state index contributed by atoms with van der Waals surface area (Å²) in [6, 6.07) is 52.9. The molecule has 8 rings (SSSR count). The highest BCUT2D eigenvalue weighted by atomic mass is 16.5. The first-order valence-electron chi connectivity index (χ1n) is 23.4. The number of hydrogen-bond acceptors (Lipinski definition) is 12. The molecule has 1 heterocycles. The van der Waals surface area contributed by atoms with Gasteiger partial charge < -0.3 is 61.8 Å². The number of aromatic amines is 1. The molecule has 3 atom stereocenters. The number of fused-ring (bicyclic) bond motifs is 1. The second-order valence-corrected chi connectivity index (χ2v) is 16.9. The lowest BCUT2D eigenvalue weighted by Gasteiger charge is -2.15. The maximum absolute atomic E-state index is 11.6. The third kappa shape index (κ3) is 14.5. The number of rotatable bonds is 22. The van der Waals surface area contributed by atoms with Crippen LogP contribution >= 0.6 is 0 Å². The SMILES string of the molecule is COc1ccc(Nc2ccc(CCNCC(O)c3ccc(O)c4[nH]c(=O)ccc34)cc2)cc1-c1ccccc1.O=CNc1cc(C(O)CNCCc2ccc(NCC(O)c3ccccc3)cc2)ccc1O. The van der Waals surface area contributed by atoms with Gasteiger partial charge in [-0.1, -0.05) is 97.1 Å². The molecule has 0 bridgehead atoms. The lowest BCUT2D eigenvalue weighted by atomic mass is 10.0. The van der Waals surface area contributed by atoms with Crippen molar-refractivity contribution in [2.75, 3.05) is 55.8 Å². The van der Waals surface area contributed by atoms with E-state index in [0.29, 0.717) is 61.2 Å². The van der Waals surface area contributed by atoms with Crippen LogP contribution < -0.4 is 36.9 Å².